The Morgan fingerprint density at radius 3 is 2.95 bits per heavy atom. The van der Waals surface area contributed by atoms with Gasteiger partial charge in [0, 0.05) is 5.38 Å². The molecule has 0 saturated heterocycles. The Hall–Kier alpha value is -1.79. The van der Waals surface area contributed by atoms with Gasteiger partial charge in [-0.3, -0.25) is 9.59 Å². The number of rotatable bonds is 5. The van der Waals surface area contributed by atoms with Crippen molar-refractivity contribution in [1.29, 1.82) is 0 Å². The van der Waals surface area contributed by atoms with Gasteiger partial charge in [-0.25, -0.2) is 0 Å². The number of Topliss-reactive ketones (excluding diaryl/α,β-unsaturated/α-hetero) is 1. The maximum Gasteiger partial charge on any atom is 0.287 e. The number of nitrogens with one attached hydrogen (secondary N) is 1. The van der Waals surface area contributed by atoms with Crippen LogP contribution >= 0.6 is 22.9 Å². The zero-order valence-corrected chi connectivity index (χ0v) is 11.5. The molecule has 0 aliphatic heterocycles. The third-order valence-corrected chi connectivity index (χ3v) is 3.55. The van der Waals surface area contributed by atoms with Crippen LogP contribution in [0.5, 0.6) is 5.75 Å². The smallest absolute Gasteiger partial charge is 0.287 e. The first-order chi connectivity index (χ1) is 9.13. The van der Waals surface area contributed by atoms with Crippen molar-refractivity contribution in [3.63, 3.8) is 0 Å². The number of ether oxygens (including phenoxy) is 1. The van der Waals surface area contributed by atoms with Crippen LogP contribution in [0.15, 0.2) is 28.2 Å². The SMILES string of the molecule is COc1c(C(=O)CNC(=O)c2ccco2)csc1Cl. The molecule has 2 heterocycles. The van der Waals surface area contributed by atoms with Crippen LogP contribution in [-0.4, -0.2) is 25.3 Å². The minimum atomic E-state index is -0.446. The zero-order valence-electron chi connectivity index (χ0n) is 9.94. The summed E-state index contributed by atoms with van der Waals surface area (Å²) in [4.78, 5) is 23.5. The number of amides is 1. The summed E-state index contributed by atoms with van der Waals surface area (Å²) in [7, 11) is 1.44. The molecular formula is C12H10ClNO4S. The maximum absolute atomic E-state index is 11.9. The summed E-state index contributed by atoms with van der Waals surface area (Å²) in [6.45, 7) is -0.150. The molecular weight excluding hydrogens is 290 g/mol. The first-order valence-corrected chi connectivity index (χ1v) is 6.55. The molecule has 0 bridgehead atoms. The van der Waals surface area contributed by atoms with Gasteiger partial charge in [-0.1, -0.05) is 11.6 Å². The van der Waals surface area contributed by atoms with Crippen molar-refractivity contribution < 1.29 is 18.7 Å². The number of halogens is 1. The average Bonchev–Trinajstić information content (AvgIpc) is 3.04. The van der Waals surface area contributed by atoms with E-state index in [9.17, 15) is 9.59 Å². The van der Waals surface area contributed by atoms with E-state index in [0.29, 0.717) is 15.6 Å². The molecule has 0 aliphatic rings. The Morgan fingerprint density at radius 2 is 2.32 bits per heavy atom. The number of carbonyl (C=O) groups is 2. The number of hydrogen-bond donors (Lipinski definition) is 1. The van der Waals surface area contributed by atoms with E-state index in [-0.39, 0.29) is 18.1 Å². The highest BCUT2D eigenvalue weighted by Crippen LogP contribution is 2.35. The van der Waals surface area contributed by atoms with Crippen LogP contribution in [0.1, 0.15) is 20.9 Å². The summed E-state index contributed by atoms with van der Waals surface area (Å²) < 4.78 is 10.4. The molecule has 1 N–H and O–H groups in total. The molecule has 100 valence electrons. The van der Waals surface area contributed by atoms with Crippen molar-refractivity contribution in [1.82, 2.24) is 5.32 Å². The van der Waals surface area contributed by atoms with Crippen molar-refractivity contribution in [3.8, 4) is 5.75 Å². The molecule has 2 aromatic heterocycles. The topological polar surface area (TPSA) is 68.5 Å². The average molecular weight is 300 g/mol. The second-order valence-electron chi connectivity index (χ2n) is 3.54. The summed E-state index contributed by atoms with van der Waals surface area (Å²) in [6.07, 6.45) is 1.39. The molecule has 7 heteroatoms. The summed E-state index contributed by atoms with van der Waals surface area (Å²) in [5, 5.41) is 4.07. The number of furan rings is 1. The molecule has 0 fully saturated rings. The number of hydrogen-bond acceptors (Lipinski definition) is 5. The Bertz CT molecular complexity index is 591. The van der Waals surface area contributed by atoms with Crippen LogP contribution in [0.4, 0.5) is 0 Å². The van der Waals surface area contributed by atoms with E-state index in [1.54, 1.807) is 11.4 Å². The van der Waals surface area contributed by atoms with Crippen molar-refractivity contribution in [2.45, 2.75) is 0 Å². The second kappa shape index (κ2) is 5.90. The van der Waals surface area contributed by atoms with Gasteiger partial charge in [0.05, 0.1) is 25.5 Å². The second-order valence-corrected chi connectivity index (χ2v) is 5.02. The van der Waals surface area contributed by atoms with Gasteiger partial charge in [0.25, 0.3) is 5.91 Å². The summed E-state index contributed by atoms with van der Waals surface area (Å²) in [6, 6.07) is 3.11. The molecule has 0 atom stereocenters. The van der Waals surface area contributed by atoms with E-state index in [2.05, 4.69) is 5.32 Å². The van der Waals surface area contributed by atoms with E-state index in [0.717, 1.165) is 0 Å². The predicted molar refractivity (Wildman–Crippen MR) is 71.3 cm³/mol. The number of thiophene rings is 1. The van der Waals surface area contributed by atoms with Gasteiger partial charge < -0.3 is 14.5 Å². The molecule has 0 radical (unpaired) electrons. The molecule has 5 nitrogen and oxygen atoms in total. The van der Waals surface area contributed by atoms with E-state index in [1.165, 1.54) is 30.8 Å². The highest BCUT2D eigenvalue weighted by atomic mass is 35.5. The van der Waals surface area contributed by atoms with Crippen LogP contribution in [-0.2, 0) is 0 Å². The lowest BCUT2D eigenvalue weighted by Crippen LogP contribution is -2.29. The Balaban J connectivity index is 2.00. The minimum Gasteiger partial charge on any atom is -0.494 e. The van der Waals surface area contributed by atoms with E-state index < -0.39 is 5.91 Å². The van der Waals surface area contributed by atoms with Gasteiger partial charge in [-0.05, 0) is 12.1 Å². The van der Waals surface area contributed by atoms with Crippen LogP contribution in [0.3, 0.4) is 0 Å². The van der Waals surface area contributed by atoms with Gasteiger partial charge in [0.1, 0.15) is 4.34 Å². The van der Waals surface area contributed by atoms with Gasteiger partial charge in [0.15, 0.2) is 17.3 Å². The van der Waals surface area contributed by atoms with Crippen LogP contribution < -0.4 is 10.1 Å². The van der Waals surface area contributed by atoms with Gasteiger partial charge >= 0.3 is 0 Å². The highest BCUT2D eigenvalue weighted by Gasteiger charge is 2.18. The zero-order chi connectivity index (χ0) is 13.8. The molecule has 19 heavy (non-hydrogen) atoms. The van der Waals surface area contributed by atoms with Crippen molar-refractivity contribution >= 4 is 34.6 Å². The molecule has 2 aromatic rings. The lowest BCUT2D eigenvalue weighted by Gasteiger charge is -2.04. The number of methoxy groups -OCH3 is 1. The van der Waals surface area contributed by atoms with Crippen LogP contribution in [0.2, 0.25) is 4.34 Å². The summed E-state index contributed by atoms with van der Waals surface area (Å²) in [5.41, 5.74) is 0.359. The Kier molecular flexibility index (Phi) is 4.24. The fourth-order valence-electron chi connectivity index (χ4n) is 1.46. The third kappa shape index (κ3) is 2.97. The Morgan fingerprint density at radius 1 is 1.53 bits per heavy atom. The molecule has 0 spiro atoms. The summed E-state index contributed by atoms with van der Waals surface area (Å²) >= 11 is 7.08. The number of carbonyl (C=O) groups excluding carboxylic acids is 2. The fraction of sp³-hybridized carbons (Fsp3) is 0.167. The molecule has 0 saturated carbocycles. The van der Waals surface area contributed by atoms with Crippen molar-refractivity contribution in [2.75, 3.05) is 13.7 Å². The molecule has 0 aromatic carbocycles. The molecule has 0 aliphatic carbocycles. The van der Waals surface area contributed by atoms with Crippen LogP contribution in [0.25, 0.3) is 0 Å². The largest absolute Gasteiger partial charge is 0.494 e. The van der Waals surface area contributed by atoms with Gasteiger partial charge in [-0.2, -0.15) is 0 Å². The quantitative estimate of drug-likeness (QED) is 0.862. The number of ketones is 1. The molecule has 1 amide bonds. The minimum absolute atomic E-state index is 0.150. The van der Waals surface area contributed by atoms with Gasteiger partial charge in [-0.15, -0.1) is 11.3 Å². The van der Waals surface area contributed by atoms with Gasteiger partial charge in [0.2, 0.25) is 0 Å². The lowest BCUT2D eigenvalue weighted by atomic mass is 10.2. The first kappa shape index (κ1) is 13.6. The standard InChI is InChI=1S/C12H10ClNO4S/c1-17-10-7(6-19-11(10)13)8(15)5-14-12(16)9-3-2-4-18-9/h2-4,6H,5H2,1H3,(H,14,16). The monoisotopic (exact) mass is 299 g/mol. The van der Waals surface area contributed by atoms with Crippen molar-refractivity contribution in [2.24, 2.45) is 0 Å². The molecule has 2 rings (SSSR count). The normalized spacial score (nSPS) is 10.2. The third-order valence-electron chi connectivity index (χ3n) is 2.36. The van der Waals surface area contributed by atoms with E-state index in [4.69, 9.17) is 20.8 Å². The highest BCUT2D eigenvalue weighted by molar-refractivity contribution is 7.15. The van der Waals surface area contributed by atoms with Crippen LogP contribution in [0, 0.1) is 0 Å². The lowest BCUT2D eigenvalue weighted by molar-refractivity contribution is 0.0884. The van der Waals surface area contributed by atoms with E-state index in [1.807, 2.05) is 0 Å². The maximum atomic E-state index is 11.9. The van der Waals surface area contributed by atoms with Crippen molar-refractivity contribution in [3.05, 3.63) is 39.4 Å². The molecule has 0 unspecified atom stereocenters. The Labute approximate surface area is 118 Å². The first-order valence-electron chi connectivity index (χ1n) is 5.29. The predicted octanol–water partition coefficient (Wildman–Crippen LogP) is 2.62. The van der Waals surface area contributed by atoms with E-state index >= 15 is 0 Å². The summed E-state index contributed by atoms with van der Waals surface area (Å²) in [5.74, 6) is -0.231. The fourth-order valence-corrected chi connectivity index (χ4v) is 2.53.